The molecule has 2 rings (SSSR count). The van der Waals surface area contributed by atoms with Gasteiger partial charge in [-0.1, -0.05) is 6.92 Å². The van der Waals surface area contributed by atoms with Gasteiger partial charge in [-0.05, 0) is 43.6 Å². The van der Waals surface area contributed by atoms with E-state index in [9.17, 15) is 0 Å². The Kier molecular flexibility index (Phi) is 3.61. The van der Waals surface area contributed by atoms with Crippen molar-refractivity contribution in [2.45, 2.75) is 38.6 Å². The number of aryl methyl sites for hydroxylation is 2. The summed E-state index contributed by atoms with van der Waals surface area (Å²) in [7, 11) is 1.99. The Morgan fingerprint density at radius 1 is 1.62 bits per heavy atom. The lowest BCUT2D eigenvalue weighted by Crippen LogP contribution is -2.41. The van der Waals surface area contributed by atoms with Gasteiger partial charge in [0.2, 0.25) is 0 Å². The quantitative estimate of drug-likeness (QED) is 0.562. The third-order valence-corrected chi connectivity index (χ3v) is 3.85. The van der Waals surface area contributed by atoms with E-state index in [0.29, 0.717) is 12.0 Å². The second-order valence-corrected chi connectivity index (χ2v) is 4.95. The predicted octanol–water partition coefficient (Wildman–Crippen LogP) is 1.23. The molecule has 0 amide bonds. The normalized spacial score (nSPS) is 19.7. The fourth-order valence-corrected chi connectivity index (χ4v) is 2.40. The third kappa shape index (κ3) is 2.62. The summed E-state index contributed by atoms with van der Waals surface area (Å²) < 4.78 is 1.94. The van der Waals surface area contributed by atoms with Gasteiger partial charge in [0.15, 0.2) is 0 Å². The highest BCUT2D eigenvalue weighted by Crippen LogP contribution is 2.38. The largest absolute Gasteiger partial charge is 0.273 e. The average molecular weight is 222 g/mol. The highest BCUT2D eigenvalue weighted by molar-refractivity contribution is 5.01. The maximum absolute atomic E-state index is 5.64. The zero-order valence-corrected chi connectivity index (χ0v) is 10.2. The van der Waals surface area contributed by atoms with E-state index < -0.39 is 0 Å². The van der Waals surface area contributed by atoms with Crippen LogP contribution in [0.2, 0.25) is 0 Å². The molecule has 0 bridgehead atoms. The topological polar surface area (TPSA) is 55.9 Å². The first kappa shape index (κ1) is 11.6. The van der Waals surface area contributed by atoms with E-state index in [2.05, 4.69) is 23.5 Å². The van der Waals surface area contributed by atoms with Gasteiger partial charge in [0, 0.05) is 25.0 Å². The van der Waals surface area contributed by atoms with Gasteiger partial charge in [0.1, 0.15) is 0 Å². The molecule has 0 radical (unpaired) electrons. The Morgan fingerprint density at radius 3 is 2.88 bits per heavy atom. The molecule has 16 heavy (non-hydrogen) atoms. The maximum Gasteiger partial charge on any atom is 0.0492 e. The molecule has 4 nitrogen and oxygen atoms in total. The van der Waals surface area contributed by atoms with Crippen molar-refractivity contribution >= 4 is 0 Å². The zero-order valence-electron chi connectivity index (χ0n) is 10.2. The molecule has 0 aromatic carbocycles. The summed E-state index contributed by atoms with van der Waals surface area (Å²) in [4.78, 5) is 0. The molecule has 2 atom stereocenters. The van der Waals surface area contributed by atoms with E-state index in [4.69, 9.17) is 5.84 Å². The molecule has 1 aliphatic rings. The van der Waals surface area contributed by atoms with E-state index in [1.165, 1.54) is 18.5 Å². The summed E-state index contributed by atoms with van der Waals surface area (Å²) in [6.45, 7) is 2.31. The molecule has 1 aromatic heterocycles. The molecule has 0 aliphatic heterocycles. The zero-order chi connectivity index (χ0) is 11.5. The van der Waals surface area contributed by atoms with Crippen LogP contribution in [0.1, 0.15) is 31.9 Å². The van der Waals surface area contributed by atoms with Crippen molar-refractivity contribution in [2.75, 3.05) is 0 Å². The standard InChI is InChI=1S/C12H22N4/c1-9(10-3-4-10)12(15-13)6-5-11-7-8-14-16(11)2/h7-10,12,15H,3-6,13H2,1-2H3. The molecule has 1 saturated carbocycles. The fraction of sp³-hybridized carbons (Fsp3) is 0.750. The summed E-state index contributed by atoms with van der Waals surface area (Å²) in [5.41, 5.74) is 4.26. The predicted molar refractivity (Wildman–Crippen MR) is 64.5 cm³/mol. The molecule has 1 aromatic rings. The summed E-state index contributed by atoms with van der Waals surface area (Å²) in [6, 6.07) is 2.51. The number of hydrazine groups is 1. The second kappa shape index (κ2) is 4.97. The number of hydrogen-bond acceptors (Lipinski definition) is 3. The minimum atomic E-state index is 0.433. The van der Waals surface area contributed by atoms with Crippen molar-refractivity contribution in [1.82, 2.24) is 15.2 Å². The SMILES string of the molecule is CC(C1CC1)C(CCc1ccnn1C)NN. The van der Waals surface area contributed by atoms with E-state index in [1.807, 2.05) is 17.9 Å². The van der Waals surface area contributed by atoms with Gasteiger partial charge in [-0.15, -0.1) is 0 Å². The second-order valence-electron chi connectivity index (χ2n) is 4.95. The minimum absolute atomic E-state index is 0.433. The first-order valence-corrected chi connectivity index (χ1v) is 6.15. The van der Waals surface area contributed by atoms with Crippen LogP contribution in [0.25, 0.3) is 0 Å². The van der Waals surface area contributed by atoms with Crippen LogP contribution in [0.3, 0.4) is 0 Å². The summed E-state index contributed by atoms with van der Waals surface area (Å²) in [6.07, 6.45) is 6.75. The summed E-state index contributed by atoms with van der Waals surface area (Å²) >= 11 is 0. The number of nitrogens with two attached hydrogens (primary N) is 1. The van der Waals surface area contributed by atoms with E-state index in [-0.39, 0.29) is 0 Å². The molecular weight excluding hydrogens is 200 g/mol. The van der Waals surface area contributed by atoms with Crippen LogP contribution in [-0.4, -0.2) is 15.8 Å². The van der Waals surface area contributed by atoms with Crippen molar-refractivity contribution in [1.29, 1.82) is 0 Å². The molecular formula is C12H22N4. The van der Waals surface area contributed by atoms with Gasteiger partial charge in [0.25, 0.3) is 0 Å². The first-order valence-electron chi connectivity index (χ1n) is 6.15. The monoisotopic (exact) mass is 222 g/mol. The Morgan fingerprint density at radius 2 is 2.38 bits per heavy atom. The Labute approximate surface area is 97.2 Å². The van der Waals surface area contributed by atoms with E-state index >= 15 is 0 Å². The third-order valence-electron chi connectivity index (χ3n) is 3.85. The number of nitrogens with one attached hydrogen (secondary N) is 1. The molecule has 2 unspecified atom stereocenters. The fourth-order valence-electron chi connectivity index (χ4n) is 2.40. The smallest absolute Gasteiger partial charge is 0.0492 e. The molecule has 4 heteroatoms. The number of aromatic nitrogens is 2. The van der Waals surface area contributed by atoms with Crippen LogP contribution in [0.4, 0.5) is 0 Å². The van der Waals surface area contributed by atoms with Crippen LogP contribution in [0.15, 0.2) is 12.3 Å². The van der Waals surface area contributed by atoms with E-state index in [0.717, 1.165) is 18.8 Å². The van der Waals surface area contributed by atoms with Crippen LogP contribution >= 0.6 is 0 Å². The highest BCUT2D eigenvalue weighted by atomic mass is 15.3. The summed E-state index contributed by atoms with van der Waals surface area (Å²) in [5, 5.41) is 4.18. The maximum atomic E-state index is 5.64. The van der Waals surface area contributed by atoms with Crippen LogP contribution in [0, 0.1) is 11.8 Å². The van der Waals surface area contributed by atoms with Crippen molar-refractivity contribution < 1.29 is 0 Å². The number of nitrogens with zero attached hydrogens (tertiary/aromatic N) is 2. The van der Waals surface area contributed by atoms with Crippen molar-refractivity contribution in [3.05, 3.63) is 18.0 Å². The van der Waals surface area contributed by atoms with Crippen LogP contribution in [-0.2, 0) is 13.5 Å². The molecule has 3 N–H and O–H groups in total. The summed E-state index contributed by atoms with van der Waals surface area (Å²) in [5.74, 6) is 7.23. The lowest BCUT2D eigenvalue weighted by molar-refractivity contribution is 0.327. The van der Waals surface area contributed by atoms with Gasteiger partial charge in [-0.25, -0.2) is 0 Å². The first-order chi connectivity index (χ1) is 7.72. The van der Waals surface area contributed by atoms with Crippen molar-refractivity contribution in [3.8, 4) is 0 Å². The lowest BCUT2D eigenvalue weighted by atomic mass is 9.93. The van der Waals surface area contributed by atoms with Crippen LogP contribution in [0.5, 0.6) is 0 Å². The van der Waals surface area contributed by atoms with Gasteiger partial charge in [-0.3, -0.25) is 16.0 Å². The van der Waals surface area contributed by atoms with Gasteiger partial charge in [0.05, 0.1) is 0 Å². The van der Waals surface area contributed by atoms with Gasteiger partial charge >= 0.3 is 0 Å². The molecule has 1 fully saturated rings. The van der Waals surface area contributed by atoms with E-state index in [1.54, 1.807) is 0 Å². The van der Waals surface area contributed by atoms with Crippen LogP contribution < -0.4 is 11.3 Å². The van der Waals surface area contributed by atoms with Gasteiger partial charge < -0.3 is 0 Å². The Hall–Kier alpha value is -0.870. The molecule has 90 valence electrons. The Balaban J connectivity index is 1.85. The number of hydrogen-bond donors (Lipinski definition) is 2. The van der Waals surface area contributed by atoms with Gasteiger partial charge in [-0.2, -0.15) is 5.10 Å². The lowest BCUT2D eigenvalue weighted by Gasteiger charge is -2.23. The molecule has 1 heterocycles. The number of rotatable bonds is 6. The average Bonchev–Trinajstić information content (AvgIpc) is 3.05. The molecule has 1 aliphatic carbocycles. The molecule has 0 spiro atoms. The minimum Gasteiger partial charge on any atom is -0.273 e. The highest BCUT2D eigenvalue weighted by Gasteiger charge is 2.32. The van der Waals surface area contributed by atoms with Crippen molar-refractivity contribution in [2.24, 2.45) is 24.7 Å². The molecule has 0 saturated heterocycles. The Bertz CT molecular complexity index is 330. The van der Waals surface area contributed by atoms with Crippen molar-refractivity contribution in [3.63, 3.8) is 0 Å².